The average Bonchev–Trinajstić information content (AvgIpc) is 2.72. The third kappa shape index (κ3) is 7.20. The highest BCUT2D eigenvalue weighted by atomic mass is 19.1. The molecule has 2 rings (SSSR count). The number of halogens is 1. The maximum atomic E-state index is 13.8. The molecule has 0 aliphatic carbocycles. The van der Waals surface area contributed by atoms with Crippen LogP contribution in [0.5, 0.6) is 0 Å². The second-order valence-electron chi connectivity index (χ2n) is 7.49. The van der Waals surface area contributed by atoms with Crippen LogP contribution in [0, 0.1) is 12.7 Å². The van der Waals surface area contributed by atoms with Gasteiger partial charge in [0.15, 0.2) is 5.96 Å². The number of guanidine groups is 1. The van der Waals surface area contributed by atoms with E-state index in [0.29, 0.717) is 31.2 Å². The number of piperidine rings is 1. The Morgan fingerprint density at radius 3 is 2.60 bits per heavy atom. The number of ether oxygens (including phenoxy) is 1. The van der Waals surface area contributed by atoms with Crippen molar-refractivity contribution in [3.63, 3.8) is 0 Å². The van der Waals surface area contributed by atoms with Gasteiger partial charge in [0.25, 0.3) is 0 Å². The third-order valence-corrected chi connectivity index (χ3v) is 4.92. The molecule has 2 amide bonds. The number of hydrogen-bond donors (Lipinski definition) is 2. The lowest BCUT2D eigenvalue weighted by Gasteiger charge is -2.32. The summed E-state index contributed by atoms with van der Waals surface area (Å²) in [6.45, 7) is 5.42. The van der Waals surface area contributed by atoms with E-state index in [1.807, 2.05) is 6.07 Å². The van der Waals surface area contributed by atoms with Crippen LogP contribution in [0.3, 0.4) is 0 Å². The van der Waals surface area contributed by atoms with Crippen molar-refractivity contribution in [2.75, 3.05) is 40.3 Å². The molecule has 0 unspecified atom stereocenters. The highest BCUT2D eigenvalue weighted by Gasteiger charge is 2.24. The van der Waals surface area contributed by atoms with Crippen molar-refractivity contribution in [3.8, 4) is 0 Å². The number of aryl methyl sites for hydroxylation is 1. The molecule has 0 atom stereocenters. The lowest BCUT2D eigenvalue weighted by atomic mass is 10.1. The lowest BCUT2D eigenvalue weighted by molar-refractivity contribution is -0.127. The molecule has 0 spiro atoms. The zero-order chi connectivity index (χ0) is 22.1. The van der Waals surface area contributed by atoms with Crippen LogP contribution in [0.1, 0.15) is 30.9 Å². The minimum absolute atomic E-state index is 0.0805. The first-order valence-electron chi connectivity index (χ1n) is 10.2. The molecule has 8 nitrogen and oxygen atoms in total. The first-order valence-corrected chi connectivity index (χ1v) is 10.2. The third-order valence-electron chi connectivity index (χ3n) is 4.92. The maximum absolute atomic E-state index is 13.8. The number of carbonyl (C=O) groups excluding carboxylic acids is 2. The fourth-order valence-corrected chi connectivity index (χ4v) is 2.99. The number of carbonyl (C=O) groups is 2. The molecule has 1 fully saturated rings. The van der Waals surface area contributed by atoms with Gasteiger partial charge in [-0.15, -0.1) is 0 Å². The highest BCUT2D eigenvalue weighted by Crippen LogP contribution is 2.12. The van der Waals surface area contributed by atoms with Crippen LogP contribution in [0.2, 0.25) is 0 Å². The summed E-state index contributed by atoms with van der Waals surface area (Å²) < 4.78 is 18.9. The van der Waals surface area contributed by atoms with Crippen molar-refractivity contribution < 1.29 is 18.7 Å². The summed E-state index contributed by atoms with van der Waals surface area (Å²) in [5.41, 5.74) is 1.33. The molecule has 1 aliphatic heterocycles. The van der Waals surface area contributed by atoms with E-state index < -0.39 is 0 Å². The molecule has 0 saturated carbocycles. The fourth-order valence-electron chi connectivity index (χ4n) is 2.99. The number of likely N-dealkylation sites (tertiary alicyclic amines) is 1. The van der Waals surface area contributed by atoms with Gasteiger partial charge in [0.1, 0.15) is 5.82 Å². The standard InChI is InChI=1S/C21H32FN5O3/c1-5-30-21(29)27-10-8-17(9-11-27)25-20(24-14-19(28)26(3)4)23-13-16-7-6-15(2)18(22)12-16/h6-7,12,17H,5,8-11,13-14H2,1-4H3,(H2,23,24,25). The van der Waals surface area contributed by atoms with Gasteiger partial charge in [-0.2, -0.15) is 0 Å². The van der Waals surface area contributed by atoms with Gasteiger partial charge in [0.2, 0.25) is 5.91 Å². The van der Waals surface area contributed by atoms with Crippen molar-refractivity contribution in [3.05, 3.63) is 35.1 Å². The molecule has 2 N–H and O–H groups in total. The van der Waals surface area contributed by atoms with Crippen LogP contribution >= 0.6 is 0 Å². The van der Waals surface area contributed by atoms with Gasteiger partial charge >= 0.3 is 6.09 Å². The normalized spacial score (nSPS) is 15.0. The van der Waals surface area contributed by atoms with Gasteiger partial charge in [0, 0.05) is 33.2 Å². The van der Waals surface area contributed by atoms with Crippen molar-refractivity contribution in [1.29, 1.82) is 0 Å². The predicted octanol–water partition coefficient (Wildman–Crippen LogP) is 1.88. The Labute approximate surface area is 177 Å². The van der Waals surface area contributed by atoms with Gasteiger partial charge in [0.05, 0.1) is 19.7 Å². The molecular weight excluding hydrogens is 389 g/mol. The van der Waals surface area contributed by atoms with E-state index in [4.69, 9.17) is 4.74 Å². The maximum Gasteiger partial charge on any atom is 0.409 e. The molecule has 30 heavy (non-hydrogen) atoms. The minimum Gasteiger partial charge on any atom is -0.450 e. The molecule has 1 aromatic carbocycles. The number of aliphatic imine (C=N–C) groups is 1. The van der Waals surface area contributed by atoms with Crippen LogP contribution in [0.4, 0.5) is 9.18 Å². The van der Waals surface area contributed by atoms with Crippen LogP contribution in [-0.2, 0) is 16.1 Å². The number of hydrogen-bond acceptors (Lipinski definition) is 4. The van der Waals surface area contributed by atoms with Gasteiger partial charge in [-0.25, -0.2) is 14.2 Å². The molecule has 1 heterocycles. The van der Waals surface area contributed by atoms with E-state index in [0.717, 1.165) is 18.4 Å². The Kier molecular flexibility index (Phi) is 8.89. The molecule has 1 aliphatic rings. The van der Waals surface area contributed by atoms with Gasteiger partial charge in [-0.05, 0) is 43.9 Å². The fraction of sp³-hybridized carbons (Fsp3) is 0.571. The summed E-state index contributed by atoms with van der Waals surface area (Å²) in [6.07, 6.45) is 1.18. The molecule has 1 saturated heterocycles. The number of likely N-dealkylation sites (N-methyl/N-ethyl adjacent to an activating group) is 1. The zero-order valence-corrected chi connectivity index (χ0v) is 18.2. The average molecular weight is 422 g/mol. The van der Waals surface area contributed by atoms with Crippen LogP contribution < -0.4 is 10.6 Å². The molecule has 166 valence electrons. The van der Waals surface area contributed by atoms with Crippen LogP contribution in [-0.4, -0.2) is 74.1 Å². The second kappa shape index (κ2) is 11.4. The Morgan fingerprint density at radius 2 is 2.00 bits per heavy atom. The number of nitrogens with one attached hydrogen (secondary N) is 2. The number of benzene rings is 1. The summed E-state index contributed by atoms with van der Waals surface area (Å²) in [7, 11) is 3.38. The number of rotatable bonds is 6. The van der Waals surface area contributed by atoms with E-state index in [1.165, 1.54) is 11.0 Å². The highest BCUT2D eigenvalue weighted by molar-refractivity contribution is 5.86. The zero-order valence-electron chi connectivity index (χ0n) is 18.2. The van der Waals surface area contributed by atoms with Crippen LogP contribution in [0.15, 0.2) is 23.2 Å². The monoisotopic (exact) mass is 421 g/mol. The first kappa shape index (κ1) is 23.4. The second-order valence-corrected chi connectivity index (χ2v) is 7.49. The predicted molar refractivity (Wildman–Crippen MR) is 114 cm³/mol. The quantitative estimate of drug-likeness (QED) is 0.541. The Bertz CT molecular complexity index is 761. The first-order chi connectivity index (χ1) is 14.3. The topological polar surface area (TPSA) is 86.3 Å². The van der Waals surface area contributed by atoms with Crippen molar-refractivity contribution in [2.45, 2.75) is 39.3 Å². The molecular formula is C21H32FN5O3. The van der Waals surface area contributed by atoms with Crippen molar-refractivity contribution in [2.24, 2.45) is 4.99 Å². The number of amides is 2. The molecule has 0 aromatic heterocycles. The lowest BCUT2D eigenvalue weighted by Crippen LogP contribution is -2.51. The smallest absolute Gasteiger partial charge is 0.409 e. The molecule has 9 heteroatoms. The Hall–Kier alpha value is -2.84. The minimum atomic E-state index is -0.291. The van der Waals surface area contributed by atoms with Gasteiger partial charge in [-0.1, -0.05) is 12.1 Å². The van der Waals surface area contributed by atoms with Gasteiger partial charge in [-0.3, -0.25) is 4.79 Å². The van der Waals surface area contributed by atoms with E-state index in [2.05, 4.69) is 15.6 Å². The number of nitrogens with zero attached hydrogens (tertiary/aromatic N) is 3. The SMILES string of the molecule is CCOC(=O)N1CCC(NC(=NCc2ccc(C)c(F)c2)NCC(=O)N(C)C)CC1. The molecule has 0 radical (unpaired) electrons. The summed E-state index contributed by atoms with van der Waals surface area (Å²) >= 11 is 0. The van der Waals surface area contributed by atoms with Crippen molar-refractivity contribution >= 4 is 18.0 Å². The summed E-state index contributed by atoms with van der Waals surface area (Å²) in [5.74, 6) is 0.142. The van der Waals surface area contributed by atoms with Crippen LogP contribution in [0.25, 0.3) is 0 Å². The summed E-state index contributed by atoms with van der Waals surface area (Å²) in [6, 6.07) is 5.13. The van der Waals surface area contributed by atoms with Gasteiger partial charge < -0.3 is 25.2 Å². The van der Waals surface area contributed by atoms with Crippen molar-refractivity contribution in [1.82, 2.24) is 20.4 Å². The summed E-state index contributed by atoms with van der Waals surface area (Å²) in [4.78, 5) is 31.5. The molecule has 1 aromatic rings. The summed E-state index contributed by atoms with van der Waals surface area (Å²) in [5, 5.41) is 6.38. The largest absolute Gasteiger partial charge is 0.450 e. The van der Waals surface area contributed by atoms with E-state index in [-0.39, 0.29) is 36.9 Å². The van der Waals surface area contributed by atoms with E-state index in [1.54, 1.807) is 38.9 Å². The Morgan fingerprint density at radius 1 is 1.30 bits per heavy atom. The van der Waals surface area contributed by atoms with E-state index in [9.17, 15) is 14.0 Å². The Balaban J connectivity index is 1.99. The van der Waals surface area contributed by atoms with E-state index >= 15 is 0 Å². The molecule has 0 bridgehead atoms.